The van der Waals surface area contributed by atoms with Gasteiger partial charge in [0.25, 0.3) is 0 Å². The molecule has 94 valence electrons. The summed E-state index contributed by atoms with van der Waals surface area (Å²) in [6, 6.07) is 1.55. The second-order valence-electron chi connectivity index (χ2n) is 5.22. The van der Waals surface area contributed by atoms with Crippen LogP contribution in [0.4, 0.5) is 0 Å². The first-order valence-corrected chi connectivity index (χ1v) is 7.61. The molecule has 2 aliphatic rings. The first-order chi connectivity index (χ1) is 7.75. The van der Waals surface area contributed by atoms with E-state index in [1.807, 2.05) is 0 Å². The molecule has 2 saturated heterocycles. The fourth-order valence-corrected chi connectivity index (χ4v) is 3.58. The highest BCUT2D eigenvalue weighted by Crippen LogP contribution is 2.15. The van der Waals surface area contributed by atoms with E-state index in [0.29, 0.717) is 0 Å². The molecule has 0 amide bonds. The Labute approximate surface area is 104 Å². The Morgan fingerprint density at radius 1 is 1.44 bits per heavy atom. The molecule has 2 rings (SSSR count). The first-order valence-electron chi connectivity index (χ1n) is 6.45. The van der Waals surface area contributed by atoms with Crippen LogP contribution in [0.25, 0.3) is 0 Å². The van der Waals surface area contributed by atoms with Crippen LogP contribution in [-0.4, -0.2) is 73.7 Å². The molecule has 2 aliphatic heterocycles. The molecule has 0 radical (unpaired) electrons. The zero-order valence-corrected chi connectivity index (χ0v) is 11.4. The van der Waals surface area contributed by atoms with Crippen molar-refractivity contribution in [3.8, 4) is 0 Å². The third-order valence-corrected chi connectivity index (χ3v) is 4.90. The summed E-state index contributed by atoms with van der Waals surface area (Å²) in [6.07, 6.45) is 2.67. The van der Waals surface area contributed by atoms with Gasteiger partial charge in [0, 0.05) is 36.7 Å². The molecule has 0 aromatic rings. The van der Waals surface area contributed by atoms with Gasteiger partial charge in [-0.15, -0.1) is 0 Å². The molecule has 2 atom stereocenters. The number of rotatable bonds is 4. The van der Waals surface area contributed by atoms with E-state index in [9.17, 15) is 0 Å². The lowest BCUT2D eigenvalue weighted by Crippen LogP contribution is -2.40. The van der Waals surface area contributed by atoms with Crippen molar-refractivity contribution in [3.63, 3.8) is 0 Å². The van der Waals surface area contributed by atoms with E-state index in [1.165, 1.54) is 50.5 Å². The van der Waals surface area contributed by atoms with Gasteiger partial charge in [-0.05, 0) is 40.0 Å². The molecule has 0 bridgehead atoms. The van der Waals surface area contributed by atoms with Crippen LogP contribution in [-0.2, 0) is 0 Å². The van der Waals surface area contributed by atoms with Crippen molar-refractivity contribution >= 4 is 11.8 Å². The van der Waals surface area contributed by atoms with E-state index in [-0.39, 0.29) is 0 Å². The van der Waals surface area contributed by atoms with E-state index in [2.05, 4.69) is 41.0 Å². The minimum atomic E-state index is 0.761. The largest absolute Gasteiger partial charge is 0.312 e. The van der Waals surface area contributed by atoms with Crippen LogP contribution in [0.5, 0.6) is 0 Å². The predicted octanol–water partition coefficient (Wildman–Crippen LogP) is 0.717. The molecule has 2 unspecified atom stereocenters. The standard InChI is InChI=1S/C12H25N3S/c1-14(2)12-4-7-15(9-12)6-3-11-10-16-8-5-13-11/h11-13H,3-10H2,1-2H3. The molecule has 0 aliphatic carbocycles. The van der Waals surface area contributed by atoms with E-state index in [4.69, 9.17) is 0 Å². The predicted molar refractivity (Wildman–Crippen MR) is 72.3 cm³/mol. The summed E-state index contributed by atoms with van der Waals surface area (Å²) in [5, 5.41) is 3.62. The Morgan fingerprint density at radius 2 is 2.31 bits per heavy atom. The maximum absolute atomic E-state index is 3.62. The number of hydrogen-bond acceptors (Lipinski definition) is 4. The minimum absolute atomic E-state index is 0.761. The van der Waals surface area contributed by atoms with Gasteiger partial charge in [-0.1, -0.05) is 0 Å². The molecule has 16 heavy (non-hydrogen) atoms. The number of nitrogens with zero attached hydrogens (tertiary/aromatic N) is 2. The molecular weight excluding hydrogens is 218 g/mol. The van der Waals surface area contributed by atoms with Gasteiger partial charge < -0.3 is 15.1 Å². The monoisotopic (exact) mass is 243 g/mol. The van der Waals surface area contributed by atoms with Crippen LogP contribution in [0.15, 0.2) is 0 Å². The number of likely N-dealkylation sites (N-methyl/N-ethyl adjacent to an activating group) is 1. The molecular formula is C12H25N3S. The van der Waals surface area contributed by atoms with Gasteiger partial charge in [-0.3, -0.25) is 0 Å². The second kappa shape index (κ2) is 6.24. The highest BCUT2D eigenvalue weighted by atomic mass is 32.2. The van der Waals surface area contributed by atoms with E-state index in [1.54, 1.807) is 0 Å². The maximum Gasteiger partial charge on any atom is 0.0229 e. The zero-order chi connectivity index (χ0) is 11.4. The average Bonchev–Trinajstić information content (AvgIpc) is 2.76. The van der Waals surface area contributed by atoms with Gasteiger partial charge in [0.2, 0.25) is 0 Å². The number of hydrogen-bond donors (Lipinski definition) is 1. The Kier molecular flexibility index (Phi) is 4.95. The van der Waals surface area contributed by atoms with Crippen LogP contribution >= 0.6 is 11.8 Å². The highest BCUT2D eigenvalue weighted by Gasteiger charge is 2.24. The first kappa shape index (κ1) is 12.7. The second-order valence-corrected chi connectivity index (χ2v) is 6.37. The van der Waals surface area contributed by atoms with Crippen LogP contribution in [0, 0.1) is 0 Å². The Morgan fingerprint density at radius 3 is 2.94 bits per heavy atom. The molecule has 3 nitrogen and oxygen atoms in total. The smallest absolute Gasteiger partial charge is 0.0229 e. The van der Waals surface area contributed by atoms with Crippen molar-refractivity contribution in [1.82, 2.24) is 15.1 Å². The maximum atomic E-state index is 3.62. The quantitative estimate of drug-likeness (QED) is 0.784. The number of nitrogens with one attached hydrogen (secondary N) is 1. The molecule has 0 aromatic carbocycles. The van der Waals surface area contributed by atoms with E-state index < -0.39 is 0 Å². The minimum Gasteiger partial charge on any atom is -0.312 e. The third-order valence-electron chi connectivity index (χ3n) is 3.77. The summed E-state index contributed by atoms with van der Waals surface area (Å²) in [7, 11) is 4.40. The van der Waals surface area contributed by atoms with Gasteiger partial charge in [0.1, 0.15) is 0 Å². The van der Waals surface area contributed by atoms with Crippen molar-refractivity contribution < 1.29 is 0 Å². The fraction of sp³-hybridized carbons (Fsp3) is 1.00. The van der Waals surface area contributed by atoms with Crippen LogP contribution in [0.1, 0.15) is 12.8 Å². The Hall–Kier alpha value is 0.230. The van der Waals surface area contributed by atoms with Crippen molar-refractivity contribution in [2.75, 3.05) is 51.8 Å². The van der Waals surface area contributed by atoms with Crippen LogP contribution < -0.4 is 5.32 Å². The van der Waals surface area contributed by atoms with Crippen molar-refractivity contribution in [2.24, 2.45) is 0 Å². The molecule has 4 heteroatoms. The third kappa shape index (κ3) is 3.62. The zero-order valence-electron chi connectivity index (χ0n) is 10.6. The van der Waals surface area contributed by atoms with E-state index >= 15 is 0 Å². The van der Waals surface area contributed by atoms with Crippen molar-refractivity contribution in [1.29, 1.82) is 0 Å². The summed E-state index contributed by atoms with van der Waals surface area (Å²) in [5.74, 6) is 2.61. The van der Waals surface area contributed by atoms with E-state index in [0.717, 1.165) is 12.1 Å². The summed E-state index contributed by atoms with van der Waals surface area (Å²) < 4.78 is 0. The normalized spacial score (nSPS) is 32.4. The average molecular weight is 243 g/mol. The Bertz CT molecular complexity index is 204. The summed E-state index contributed by atoms with van der Waals surface area (Å²) in [5.41, 5.74) is 0. The van der Waals surface area contributed by atoms with Gasteiger partial charge in [0.05, 0.1) is 0 Å². The highest BCUT2D eigenvalue weighted by molar-refractivity contribution is 7.99. The summed E-state index contributed by atoms with van der Waals surface area (Å²) >= 11 is 2.10. The molecule has 2 fully saturated rings. The van der Waals surface area contributed by atoms with Gasteiger partial charge in [-0.25, -0.2) is 0 Å². The molecule has 2 heterocycles. The summed E-state index contributed by atoms with van der Waals surface area (Å²) in [6.45, 7) is 5.05. The van der Waals surface area contributed by atoms with Crippen LogP contribution in [0.2, 0.25) is 0 Å². The number of likely N-dealkylation sites (tertiary alicyclic amines) is 1. The van der Waals surface area contributed by atoms with Gasteiger partial charge in [0.15, 0.2) is 0 Å². The topological polar surface area (TPSA) is 18.5 Å². The lowest BCUT2D eigenvalue weighted by molar-refractivity contribution is 0.261. The Balaban J connectivity index is 1.63. The van der Waals surface area contributed by atoms with Crippen molar-refractivity contribution in [3.05, 3.63) is 0 Å². The number of thioether (sulfide) groups is 1. The molecule has 1 N–H and O–H groups in total. The van der Waals surface area contributed by atoms with Crippen molar-refractivity contribution in [2.45, 2.75) is 24.9 Å². The lowest BCUT2D eigenvalue weighted by Gasteiger charge is -2.26. The van der Waals surface area contributed by atoms with Crippen LogP contribution in [0.3, 0.4) is 0 Å². The van der Waals surface area contributed by atoms with Gasteiger partial charge >= 0.3 is 0 Å². The lowest BCUT2D eigenvalue weighted by atomic mass is 10.2. The SMILES string of the molecule is CN(C)C1CCN(CCC2CSCCN2)C1. The molecule has 0 spiro atoms. The van der Waals surface area contributed by atoms with Gasteiger partial charge in [-0.2, -0.15) is 11.8 Å². The summed E-state index contributed by atoms with van der Waals surface area (Å²) in [4.78, 5) is 5.00. The molecule has 0 aromatic heterocycles. The fourth-order valence-electron chi connectivity index (χ4n) is 2.58. The molecule has 0 saturated carbocycles.